The van der Waals surface area contributed by atoms with Crippen molar-refractivity contribution >= 4 is 57.8 Å². The van der Waals surface area contributed by atoms with Gasteiger partial charge in [-0.3, -0.25) is 9.59 Å². The number of benzene rings is 7. The molecule has 0 aliphatic carbocycles. The second kappa shape index (κ2) is 11.7. The summed E-state index contributed by atoms with van der Waals surface area (Å²) in [7, 11) is 0. The summed E-state index contributed by atoms with van der Waals surface area (Å²) in [5, 5.41) is 4.66. The fourth-order valence-electron chi connectivity index (χ4n) is 10.4. The quantitative estimate of drug-likeness (QED) is 0.129. The Labute approximate surface area is 323 Å². The van der Waals surface area contributed by atoms with Gasteiger partial charge in [-0.05, 0) is 93.2 Å². The van der Waals surface area contributed by atoms with Crippen molar-refractivity contribution in [1.82, 2.24) is 9.62 Å². The Hall–Kier alpha value is -6.03. The van der Waals surface area contributed by atoms with E-state index in [0.29, 0.717) is 26.2 Å². The number of hydrogen-bond donors (Lipinski definition) is 0. The maximum atomic E-state index is 14.1. The molecule has 7 aromatic carbocycles. The molecular formula is C46H34B2N2O6-2. The molecule has 6 aliphatic rings. The number of hydrogen-bond acceptors (Lipinski definition) is 8. The van der Waals surface area contributed by atoms with E-state index < -0.39 is 37.5 Å². The van der Waals surface area contributed by atoms with Crippen molar-refractivity contribution in [3.63, 3.8) is 0 Å². The van der Waals surface area contributed by atoms with Gasteiger partial charge in [-0.25, -0.2) is 0 Å². The minimum atomic E-state index is -2.48. The predicted molar refractivity (Wildman–Crippen MR) is 216 cm³/mol. The maximum Gasteiger partial charge on any atom is 0.405 e. The Morgan fingerprint density at radius 3 is 1.27 bits per heavy atom. The van der Waals surface area contributed by atoms with E-state index in [-0.39, 0.29) is 0 Å². The molecule has 6 heterocycles. The highest BCUT2D eigenvalue weighted by Gasteiger charge is 2.60. The lowest BCUT2D eigenvalue weighted by molar-refractivity contribution is -0.147. The molecule has 10 heteroatoms. The minimum absolute atomic E-state index is 0.439. The first kappa shape index (κ1) is 32.2. The average Bonchev–Trinajstić information content (AvgIpc) is 3.93. The topological polar surface area (TPSA) is 77.5 Å². The molecule has 4 atom stereocenters. The fraction of sp³-hybridized carbons (Fsp3) is 0.130. The van der Waals surface area contributed by atoms with Crippen LogP contribution >= 0.6 is 0 Å². The summed E-state index contributed by atoms with van der Waals surface area (Å²) >= 11 is 0. The molecule has 56 heavy (non-hydrogen) atoms. The standard InChI is InChI=1S/C46H34B2N2O6/c51-45-43-44-46(52)56-48(54-44)40-22-8-2-14-34(40)28-50(48)26-30-12-10-16-32(24-30)42-37-19-5-3-17-35(37)41(36-18-4-6-20-38(36)42)31-15-9-11-29(23-31)25-49-27-33-13-1-7-21-39(33)47(49,53-43)55-45/h1-24,43-44H,25-28H2/q-2. The monoisotopic (exact) mass is 732 g/mol. The normalized spacial score (nSPS) is 25.1. The predicted octanol–water partition coefficient (Wildman–Crippen LogP) is 6.55. The largest absolute Gasteiger partial charge is 0.648 e. The third-order valence-electron chi connectivity index (χ3n) is 12.7. The second-order valence-corrected chi connectivity index (χ2v) is 15.8. The van der Waals surface area contributed by atoms with E-state index in [2.05, 4.69) is 107 Å². The molecule has 10 bridgehead atoms. The molecule has 0 amide bonds. The Morgan fingerprint density at radius 1 is 0.446 bits per heavy atom. The average molecular weight is 732 g/mol. The molecule has 7 aromatic rings. The second-order valence-electron chi connectivity index (χ2n) is 15.8. The van der Waals surface area contributed by atoms with Crippen molar-refractivity contribution in [2.45, 2.75) is 38.4 Å². The van der Waals surface area contributed by atoms with Crippen LogP contribution in [0.3, 0.4) is 0 Å². The number of rotatable bonds is 0. The zero-order valence-electron chi connectivity index (χ0n) is 30.3. The SMILES string of the molecule is O=C1O[B-]23OC1C1O[B-]4(OC1=O)c1ccccc1CN4Cc1cccc(c1)-c1c4ccccc4c(c4ccccc14)-c1cccc(c1)CN2Cc1ccccc13. The molecule has 2 saturated heterocycles. The number of carbonyl (C=O) groups is 2. The van der Waals surface area contributed by atoms with Gasteiger partial charge in [0.2, 0.25) is 0 Å². The fourth-order valence-corrected chi connectivity index (χ4v) is 10.4. The van der Waals surface area contributed by atoms with E-state index in [9.17, 15) is 9.59 Å². The van der Waals surface area contributed by atoms with Gasteiger partial charge in [0, 0.05) is 0 Å². The summed E-state index contributed by atoms with van der Waals surface area (Å²) in [6, 6.07) is 50.4. The van der Waals surface area contributed by atoms with Gasteiger partial charge in [0.25, 0.3) is 11.9 Å². The van der Waals surface area contributed by atoms with Crippen molar-refractivity contribution in [1.29, 1.82) is 0 Å². The van der Waals surface area contributed by atoms with Gasteiger partial charge in [0.05, 0.1) is 0 Å². The number of nitrogens with zero attached hydrogens (tertiary/aromatic N) is 2. The van der Waals surface area contributed by atoms with Crippen molar-refractivity contribution in [2.75, 3.05) is 0 Å². The van der Waals surface area contributed by atoms with E-state index in [1.165, 1.54) is 11.1 Å². The van der Waals surface area contributed by atoms with Gasteiger partial charge in [-0.1, -0.05) is 145 Å². The molecule has 0 aromatic heterocycles. The van der Waals surface area contributed by atoms with Gasteiger partial charge in [-0.15, -0.1) is 10.9 Å². The molecular weight excluding hydrogens is 698 g/mol. The van der Waals surface area contributed by atoms with Gasteiger partial charge in [-0.2, -0.15) is 0 Å². The highest BCUT2D eigenvalue weighted by molar-refractivity contribution is 6.83. The summed E-state index contributed by atoms with van der Waals surface area (Å²) in [6.07, 6.45) is -2.63. The van der Waals surface area contributed by atoms with Crippen LogP contribution in [0.25, 0.3) is 43.8 Å². The Kier molecular flexibility index (Phi) is 6.76. The summed E-state index contributed by atoms with van der Waals surface area (Å²) < 4.78 is 26.5. The lowest BCUT2D eigenvalue weighted by Crippen LogP contribution is -2.60. The summed E-state index contributed by atoms with van der Waals surface area (Å²) in [5.41, 5.74) is 10.2. The molecule has 272 valence electrons. The highest BCUT2D eigenvalue weighted by atomic mass is 16.7. The lowest BCUT2D eigenvalue weighted by atomic mass is 9.63. The molecule has 8 nitrogen and oxygen atoms in total. The van der Waals surface area contributed by atoms with E-state index in [4.69, 9.17) is 18.6 Å². The lowest BCUT2D eigenvalue weighted by Gasteiger charge is -2.42. The van der Waals surface area contributed by atoms with Crippen LogP contribution in [0.15, 0.2) is 146 Å². The van der Waals surface area contributed by atoms with Crippen molar-refractivity contribution < 1.29 is 28.2 Å². The zero-order chi connectivity index (χ0) is 37.2. The summed E-state index contributed by atoms with van der Waals surface area (Å²) in [5.74, 6) is -1.27. The van der Waals surface area contributed by atoms with Gasteiger partial charge in [0.1, 0.15) is 12.2 Å². The van der Waals surface area contributed by atoms with E-state index in [1.807, 2.05) is 48.5 Å². The molecule has 13 rings (SSSR count). The maximum absolute atomic E-state index is 14.1. The van der Waals surface area contributed by atoms with Crippen molar-refractivity contribution in [3.05, 3.63) is 168 Å². The molecule has 6 aliphatic heterocycles. The van der Waals surface area contributed by atoms with E-state index >= 15 is 0 Å². The van der Waals surface area contributed by atoms with E-state index in [0.717, 1.165) is 65.9 Å². The Balaban J connectivity index is 1.10. The molecule has 0 saturated carbocycles. The van der Waals surface area contributed by atoms with Crippen LogP contribution < -0.4 is 10.9 Å². The van der Waals surface area contributed by atoms with Gasteiger partial charge in [0.15, 0.2) is 0 Å². The van der Waals surface area contributed by atoms with E-state index in [1.54, 1.807) is 0 Å². The molecule has 2 fully saturated rings. The first-order valence-electron chi connectivity index (χ1n) is 19.4. The first-order valence-corrected chi connectivity index (χ1v) is 19.4. The van der Waals surface area contributed by atoms with Gasteiger partial charge < -0.3 is 28.2 Å². The van der Waals surface area contributed by atoms with Crippen LogP contribution in [0.2, 0.25) is 0 Å². The molecule has 2 spiro atoms. The van der Waals surface area contributed by atoms with Gasteiger partial charge >= 0.3 is 13.4 Å². The molecule has 4 unspecified atom stereocenters. The Morgan fingerprint density at radius 2 is 0.839 bits per heavy atom. The third kappa shape index (κ3) is 4.46. The van der Waals surface area contributed by atoms with Crippen LogP contribution in [0, 0.1) is 0 Å². The van der Waals surface area contributed by atoms with Crippen molar-refractivity contribution in [3.8, 4) is 22.3 Å². The molecule has 0 N–H and O–H groups in total. The summed E-state index contributed by atoms with van der Waals surface area (Å²) in [4.78, 5) is 32.5. The zero-order valence-corrected chi connectivity index (χ0v) is 30.3. The van der Waals surface area contributed by atoms with Crippen LogP contribution in [0.1, 0.15) is 22.3 Å². The van der Waals surface area contributed by atoms with Crippen molar-refractivity contribution in [2.24, 2.45) is 0 Å². The van der Waals surface area contributed by atoms with Crippen LogP contribution in [0.4, 0.5) is 0 Å². The Bertz CT molecular complexity index is 2600. The first-order chi connectivity index (χ1) is 27.5. The number of carbonyl (C=O) groups excluding carboxylic acids is 2. The summed E-state index contributed by atoms with van der Waals surface area (Å²) in [6.45, 7) is -3.08. The van der Waals surface area contributed by atoms with Crippen LogP contribution in [-0.4, -0.2) is 47.1 Å². The highest BCUT2D eigenvalue weighted by Crippen LogP contribution is 2.45. The molecule has 0 radical (unpaired) electrons. The smallest absolute Gasteiger partial charge is 0.405 e. The van der Waals surface area contributed by atoms with Crippen LogP contribution in [0.5, 0.6) is 0 Å². The van der Waals surface area contributed by atoms with Crippen LogP contribution in [-0.2, 0) is 54.4 Å². The minimum Gasteiger partial charge on any atom is -0.648 e. The third-order valence-corrected chi connectivity index (χ3v) is 12.7. The number of fused-ring (bicyclic) bond motifs is 2.